The van der Waals surface area contributed by atoms with Gasteiger partial charge in [0, 0.05) is 12.5 Å². The fourth-order valence-electron chi connectivity index (χ4n) is 4.31. The minimum absolute atomic E-state index is 0.136. The van der Waals surface area contributed by atoms with Crippen molar-refractivity contribution in [2.75, 3.05) is 13.2 Å². The molecule has 4 unspecified atom stereocenters. The molecule has 0 aromatic rings. The van der Waals surface area contributed by atoms with Crippen LogP contribution in [0.15, 0.2) is 0 Å². The van der Waals surface area contributed by atoms with Gasteiger partial charge in [-0.1, -0.05) is 12.8 Å². The largest absolute Gasteiger partial charge is 0.444 e. The normalized spacial score (nSPS) is 34.6. The highest BCUT2D eigenvalue weighted by molar-refractivity contribution is 5.68. The fourth-order valence-corrected chi connectivity index (χ4v) is 4.31. The van der Waals surface area contributed by atoms with E-state index in [1.807, 2.05) is 20.8 Å². The summed E-state index contributed by atoms with van der Waals surface area (Å²) < 4.78 is 11.4. The van der Waals surface area contributed by atoms with Crippen LogP contribution in [0.3, 0.4) is 0 Å². The number of alkyl carbamates (subject to hydrolysis) is 1. The Morgan fingerprint density at radius 2 is 1.87 bits per heavy atom. The second-order valence-electron chi connectivity index (χ2n) is 8.40. The van der Waals surface area contributed by atoms with Crippen molar-refractivity contribution in [2.45, 2.75) is 83.1 Å². The smallest absolute Gasteiger partial charge is 0.407 e. The third-order valence-corrected chi connectivity index (χ3v) is 5.42. The van der Waals surface area contributed by atoms with Crippen LogP contribution in [0.2, 0.25) is 0 Å². The number of hydrogen-bond donors (Lipinski definition) is 2. The van der Waals surface area contributed by atoms with E-state index in [0.717, 1.165) is 31.9 Å². The zero-order valence-electron chi connectivity index (χ0n) is 14.8. The first kappa shape index (κ1) is 17.0. The lowest BCUT2D eigenvalue weighted by Gasteiger charge is -2.54. The summed E-state index contributed by atoms with van der Waals surface area (Å²) in [6.45, 7) is 7.59. The Labute approximate surface area is 139 Å². The second kappa shape index (κ2) is 6.98. The van der Waals surface area contributed by atoms with Gasteiger partial charge in [-0.05, 0) is 58.9 Å². The first-order chi connectivity index (χ1) is 10.9. The summed E-state index contributed by atoms with van der Waals surface area (Å²) in [5.74, 6) is 1.22. The summed E-state index contributed by atoms with van der Waals surface area (Å²) in [4.78, 5) is 12.1. The average molecular weight is 324 g/mol. The molecule has 4 atom stereocenters. The number of hydrogen-bond acceptors (Lipinski definition) is 4. The van der Waals surface area contributed by atoms with Crippen molar-refractivity contribution in [3.05, 3.63) is 0 Å². The van der Waals surface area contributed by atoms with Gasteiger partial charge in [-0.15, -0.1) is 0 Å². The maximum atomic E-state index is 12.1. The summed E-state index contributed by atoms with van der Waals surface area (Å²) >= 11 is 0. The van der Waals surface area contributed by atoms with Crippen LogP contribution in [0, 0.1) is 11.8 Å². The van der Waals surface area contributed by atoms with E-state index in [9.17, 15) is 4.79 Å². The topological polar surface area (TPSA) is 59.6 Å². The highest BCUT2D eigenvalue weighted by Crippen LogP contribution is 2.39. The summed E-state index contributed by atoms with van der Waals surface area (Å²) in [5.41, 5.74) is -0.455. The molecule has 3 rings (SSSR count). The second-order valence-corrected chi connectivity index (χ2v) is 8.40. The third-order valence-electron chi connectivity index (χ3n) is 5.42. The first-order valence-corrected chi connectivity index (χ1v) is 9.28. The highest BCUT2D eigenvalue weighted by atomic mass is 16.6. The Morgan fingerprint density at radius 1 is 1.13 bits per heavy atom. The van der Waals surface area contributed by atoms with Gasteiger partial charge in [0.05, 0.1) is 18.2 Å². The Hall–Kier alpha value is -0.810. The van der Waals surface area contributed by atoms with E-state index in [2.05, 4.69) is 10.6 Å². The zero-order chi connectivity index (χ0) is 16.4. The molecule has 2 saturated carbocycles. The molecule has 0 bridgehead atoms. The molecule has 3 fully saturated rings. The van der Waals surface area contributed by atoms with Crippen molar-refractivity contribution in [1.82, 2.24) is 10.6 Å². The van der Waals surface area contributed by atoms with Crippen LogP contribution in [0.5, 0.6) is 0 Å². The van der Waals surface area contributed by atoms with Gasteiger partial charge >= 0.3 is 6.09 Å². The molecule has 2 N–H and O–H groups in total. The fraction of sp³-hybridized carbons (Fsp3) is 0.944. The van der Waals surface area contributed by atoms with Crippen LogP contribution in [-0.2, 0) is 9.47 Å². The summed E-state index contributed by atoms with van der Waals surface area (Å²) in [6, 6.07) is 0.366. The van der Waals surface area contributed by atoms with Gasteiger partial charge in [-0.3, -0.25) is 0 Å². The Balaban J connectivity index is 1.55. The number of carbonyl (C=O) groups is 1. The van der Waals surface area contributed by atoms with Crippen LogP contribution in [0.1, 0.15) is 59.3 Å². The first-order valence-electron chi connectivity index (χ1n) is 9.28. The van der Waals surface area contributed by atoms with E-state index in [4.69, 9.17) is 9.47 Å². The summed E-state index contributed by atoms with van der Waals surface area (Å²) in [5, 5.41) is 6.78. The molecule has 0 radical (unpaired) electrons. The van der Waals surface area contributed by atoms with E-state index in [-0.39, 0.29) is 24.3 Å². The Bertz CT molecular complexity index is 415. The van der Waals surface area contributed by atoms with Gasteiger partial charge in [-0.25, -0.2) is 4.79 Å². The average Bonchev–Trinajstić information content (AvgIpc) is 2.97. The van der Waals surface area contributed by atoms with Gasteiger partial charge in [0.2, 0.25) is 0 Å². The number of carbonyl (C=O) groups excluding carboxylic acids is 1. The van der Waals surface area contributed by atoms with Crippen LogP contribution in [0.25, 0.3) is 0 Å². The van der Waals surface area contributed by atoms with E-state index < -0.39 is 5.60 Å². The van der Waals surface area contributed by atoms with Crippen molar-refractivity contribution < 1.29 is 14.3 Å². The van der Waals surface area contributed by atoms with Crippen molar-refractivity contribution in [3.63, 3.8) is 0 Å². The molecule has 5 nitrogen and oxygen atoms in total. The van der Waals surface area contributed by atoms with Gasteiger partial charge in [-0.2, -0.15) is 0 Å². The summed E-state index contributed by atoms with van der Waals surface area (Å²) in [6.07, 6.45) is 7.55. The third kappa shape index (κ3) is 4.18. The molecule has 1 amide bonds. The number of ether oxygens (including phenoxy) is 2. The molecule has 0 aromatic carbocycles. The lowest BCUT2D eigenvalue weighted by Crippen LogP contribution is -2.73. The van der Waals surface area contributed by atoms with E-state index in [1.165, 1.54) is 25.7 Å². The molecule has 0 spiro atoms. The molecule has 1 aliphatic heterocycles. The SMILES string of the molecule is CC(C)(C)OC(=O)NC1C2CCCOC2C1NCC1CCCC1. The van der Waals surface area contributed by atoms with Crippen molar-refractivity contribution >= 4 is 6.09 Å². The van der Waals surface area contributed by atoms with Gasteiger partial charge < -0.3 is 20.1 Å². The van der Waals surface area contributed by atoms with Crippen LogP contribution >= 0.6 is 0 Å². The Morgan fingerprint density at radius 3 is 2.57 bits per heavy atom. The number of fused-ring (bicyclic) bond motifs is 1. The van der Waals surface area contributed by atoms with Crippen LogP contribution in [-0.4, -0.2) is 43.0 Å². The molecule has 0 aromatic heterocycles. The maximum Gasteiger partial charge on any atom is 0.407 e. The molecular formula is C18H32N2O3. The molecule has 3 aliphatic rings. The molecule has 132 valence electrons. The van der Waals surface area contributed by atoms with E-state index in [0.29, 0.717) is 5.92 Å². The van der Waals surface area contributed by atoms with Crippen molar-refractivity contribution in [1.29, 1.82) is 0 Å². The zero-order valence-corrected chi connectivity index (χ0v) is 14.8. The van der Waals surface area contributed by atoms with Gasteiger partial charge in [0.15, 0.2) is 0 Å². The maximum absolute atomic E-state index is 12.1. The van der Waals surface area contributed by atoms with E-state index >= 15 is 0 Å². The number of amides is 1. The molecule has 5 heteroatoms. The van der Waals surface area contributed by atoms with E-state index in [1.54, 1.807) is 0 Å². The van der Waals surface area contributed by atoms with Crippen molar-refractivity contribution in [3.8, 4) is 0 Å². The standard InChI is InChI=1S/C18H32N2O3/c1-18(2,3)23-17(21)20-14-13-9-6-10-22-16(13)15(14)19-11-12-7-4-5-8-12/h12-16,19H,4-11H2,1-3H3,(H,20,21). The quantitative estimate of drug-likeness (QED) is 0.835. The minimum Gasteiger partial charge on any atom is -0.444 e. The molecule has 2 aliphatic carbocycles. The molecule has 1 saturated heterocycles. The molecule has 23 heavy (non-hydrogen) atoms. The minimum atomic E-state index is -0.455. The highest BCUT2D eigenvalue weighted by Gasteiger charge is 2.53. The molecule has 1 heterocycles. The van der Waals surface area contributed by atoms with Crippen LogP contribution in [0.4, 0.5) is 4.79 Å². The van der Waals surface area contributed by atoms with Crippen molar-refractivity contribution in [2.24, 2.45) is 11.8 Å². The summed E-state index contributed by atoms with van der Waals surface area (Å²) in [7, 11) is 0. The van der Waals surface area contributed by atoms with Crippen LogP contribution < -0.4 is 10.6 Å². The lowest BCUT2D eigenvalue weighted by molar-refractivity contribution is -0.128. The van der Waals surface area contributed by atoms with Gasteiger partial charge in [0.25, 0.3) is 0 Å². The predicted octanol–water partition coefficient (Wildman–Crippen LogP) is 2.84. The number of rotatable bonds is 4. The van der Waals surface area contributed by atoms with Gasteiger partial charge in [0.1, 0.15) is 5.60 Å². The molecular weight excluding hydrogens is 292 g/mol. The Kier molecular flexibility index (Phi) is 5.16. The predicted molar refractivity (Wildman–Crippen MR) is 89.4 cm³/mol. The number of nitrogens with one attached hydrogen (secondary N) is 2. The monoisotopic (exact) mass is 324 g/mol. The lowest BCUT2D eigenvalue weighted by atomic mass is 9.68.